The van der Waals surface area contributed by atoms with E-state index in [1.807, 2.05) is 23.1 Å². The summed E-state index contributed by atoms with van der Waals surface area (Å²) in [4.78, 5) is 24.7. The summed E-state index contributed by atoms with van der Waals surface area (Å²) in [5.74, 6) is -2.02. The van der Waals surface area contributed by atoms with E-state index < -0.39 is 22.8 Å². The number of aliphatic carboxylic acids is 2. The van der Waals surface area contributed by atoms with Crippen LogP contribution in [0.1, 0.15) is 12.0 Å². The van der Waals surface area contributed by atoms with Crippen LogP contribution >= 0.6 is 11.6 Å². The van der Waals surface area contributed by atoms with Crippen molar-refractivity contribution in [3.8, 4) is 0 Å². The molecule has 6 heteroatoms. The predicted octanol–water partition coefficient (Wildman–Crippen LogP) is 1.70. The lowest BCUT2D eigenvalue weighted by Crippen LogP contribution is -2.28. The fourth-order valence-electron chi connectivity index (χ4n) is 3.38. The number of carbonyl (C=O) groups is 2. The molecule has 2 atom stereocenters. The second-order valence-corrected chi connectivity index (χ2v) is 6.10. The van der Waals surface area contributed by atoms with E-state index in [0.29, 0.717) is 11.6 Å². The molecule has 0 radical (unpaired) electrons. The molecular weight excluding hydrogens is 282 g/mol. The molecule has 106 valence electrons. The van der Waals surface area contributed by atoms with Gasteiger partial charge in [-0.05, 0) is 18.1 Å². The molecule has 2 aliphatic rings. The molecule has 2 N–H and O–H groups in total. The summed E-state index contributed by atoms with van der Waals surface area (Å²) in [7, 11) is 0. The number of halogens is 1. The van der Waals surface area contributed by atoms with Crippen molar-refractivity contribution >= 4 is 23.5 Å². The summed E-state index contributed by atoms with van der Waals surface area (Å²) < 4.78 is 0. The fraction of sp³-hybridized carbons (Fsp3) is 0.429. The smallest absolute Gasteiger partial charge is 0.312 e. The number of hydrogen-bond donors (Lipinski definition) is 2. The van der Waals surface area contributed by atoms with Crippen molar-refractivity contribution in [2.75, 3.05) is 13.1 Å². The maximum Gasteiger partial charge on any atom is 0.312 e. The third-order valence-corrected chi connectivity index (χ3v) is 4.92. The van der Waals surface area contributed by atoms with Gasteiger partial charge in [-0.2, -0.15) is 0 Å². The van der Waals surface area contributed by atoms with Crippen molar-refractivity contribution in [1.29, 1.82) is 0 Å². The number of likely N-dealkylation sites (tertiary alicyclic amines) is 1. The predicted molar refractivity (Wildman–Crippen MR) is 71.5 cm³/mol. The number of hydrogen-bond acceptors (Lipinski definition) is 3. The Kier molecular flexibility index (Phi) is 2.81. The zero-order chi connectivity index (χ0) is 14.5. The van der Waals surface area contributed by atoms with Gasteiger partial charge in [-0.1, -0.05) is 29.8 Å². The standard InChI is InChI=1S/C14H14ClNO4/c15-10-4-2-1-3-9(10)5-16-7-13(11(17)18)6-14(13,8-16)12(19)20/h1-4H,5-8H2,(H,17,18)(H,19,20)/t13-,14+. The van der Waals surface area contributed by atoms with Gasteiger partial charge < -0.3 is 10.2 Å². The molecule has 0 aromatic heterocycles. The molecular formula is C14H14ClNO4. The molecule has 1 aliphatic heterocycles. The average molecular weight is 296 g/mol. The number of piperidine rings is 1. The van der Waals surface area contributed by atoms with Crippen LogP contribution in [0.5, 0.6) is 0 Å². The first-order chi connectivity index (χ1) is 9.41. The molecule has 2 fully saturated rings. The molecule has 1 aromatic carbocycles. The SMILES string of the molecule is O=C(O)[C@@]12CN(Cc3ccccc3Cl)C[C@]1(C(=O)O)C2. The summed E-state index contributed by atoms with van der Waals surface area (Å²) in [6.07, 6.45) is 0.226. The minimum atomic E-state index is -1.12. The number of benzene rings is 1. The van der Waals surface area contributed by atoms with Gasteiger partial charge in [-0.3, -0.25) is 14.5 Å². The van der Waals surface area contributed by atoms with Gasteiger partial charge in [-0.15, -0.1) is 0 Å². The van der Waals surface area contributed by atoms with Gasteiger partial charge in [0.1, 0.15) is 0 Å². The highest BCUT2D eigenvalue weighted by molar-refractivity contribution is 6.31. The van der Waals surface area contributed by atoms with Crippen LogP contribution in [0.2, 0.25) is 5.02 Å². The van der Waals surface area contributed by atoms with Gasteiger partial charge >= 0.3 is 11.9 Å². The van der Waals surface area contributed by atoms with E-state index in [1.165, 1.54) is 0 Å². The molecule has 1 aromatic rings. The zero-order valence-electron chi connectivity index (χ0n) is 10.7. The molecule has 0 unspecified atom stereocenters. The van der Waals surface area contributed by atoms with Crippen LogP contribution in [0.4, 0.5) is 0 Å². The van der Waals surface area contributed by atoms with Crippen molar-refractivity contribution in [3.63, 3.8) is 0 Å². The Hall–Kier alpha value is -1.59. The Labute approximate surface area is 120 Å². The van der Waals surface area contributed by atoms with Crippen LogP contribution in [-0.4, -0.2) is 40.1 Å². The lowest BCUT2D eigenvalue weighted by Gasteiger charge is -2.20. The molecule has 5 nitrogen and oxygen atoms in total. The maximum absolute atomic E-state index is 11.4. The van der Waals surface area contributed by atoms with Crippen molar-refractivity contribution in [1.82, 2.24) is 4.90 Å². The number of carboxylic acids is 2. The molecule has 1 aliphatic carbocycles. The van der Waals surface area contributed by atoms with E-state index in [0.717, 1.165) is 5.56 Å². The van der Waals surface area contributed by atoms with E-state index in [4.69, 9.17) is 11.6 Å². The molecule has 0 bridgehead atoms. The minimum absolute atomic E-state index is 0.226. The van der Waals surface area contributed by atoms with Gasteiger partial charge in [0, 0.05) is 24.7 Å². The number of fused-ring (bicyclic) bond motifs is 1. The first-order valence-corrected chi connectivity index (χ1v) is 6.72. The lowest BCUT2D eigenvalue weighted by atomic mass is 9.97. The van der Waals surface area contributed by atoms with Crippen molar-refractivity contribution < 1.29 is 19.8 Å². The van der Waals surface area contributed by atoms with E-state index in [2.05, 4.69) is 0 Å². The van der Waals surface area contributed by atoms with Crippen molar-refractivity contribution in [2.24, 2.45) is 10.8 Å². The summed E-state index contributed by atoms with van der Waals surface area (Å²) in [5, 5.41) is 19.3. The highest BCUT2D eigenvalue weighted by atomic mass is 35.5. The van der Waals surface area contributed by atoms with E-state index in [9.17, 15) is 19.8 Å². The normalized spacial score (nSPS) is 31.9. The fourth-order valence-corrected chi connectivity index (χ4v) is 3.58. The zero-order valence-corrected chi connectivity index (χ0v) is 11.4. The third kappa shape index (κ3) is 1.66. The van der Waals surface area contributed by atoms with E-state index >= 15 is 0 Å². The Morgan fingerprint density at radius 2 is 1.70 bits per heavy atom. The average Bonchev–Trinajstić information content (AvgIpc) is 2.93. The lowest BCUT2D eigenvalue weighted by molar-refractivity contribution is -0.151. The Bertz CT molecular complexity index is 577. The van der Waals surface area contributed by atoms with Gasteiger partial charge in [0.05, 0.1) is 10.8 Å². The summed E-state index contributed by atoms with van der Waals surface area (Å²) >= 11 is 6.09. The molecule has 3 rings (SSSR count). The van der Waals surface area contributed by atoms with Crippen molar-refractivity contribution in [2.45, 2.75) is 13.0 Å². The minimum Gasteiger partial charge on any atom is -0.481 e. The molecule has 0 amide bonds. The van der Waals surface area contributed by atoms with Gasteiger partial charge in [0.15, 0.2) is 0 Å². The van der Waals surface area contributed by atoms with Gasteiger partial charge in [0.2, 0.25) is 0 Å². The summed E-state index contributed by atoms with van der Waals surface area (Å²) in [6.45, 7) is 1.00. The largest absolute Gasteiger partial charge is 0.481 e. The van der Waals surface area contributed by atoms with Crippen LogP contribution in [-0.2, 0) is 16.1 Å². The molecule has 1 saturated heterocycles. The van der Waals surface area contributed by atoms with Gasteiger partial charge in [0.25, 0.3) is 0 Å². The summed E-state index contributed by atoms with van der Waals surface area (Å²) in [5.41, 5.74) is -1.36. The highest BCUT2D eigenvalue weighted by Gasteiger charge is 2.80. The van der Waals surface area contributed by atoms with Crippen LogP contribution < -0.4 is 0 Å². The van der Waals surface area contributed by atoms with Crippen LogP contribution in [0, 0.1) is 10.8 Å². The molecule has 1 saturated carbocycles. The van der Waals surface area contributed by atoms with Crippen LogP contribution in [0.25, 0.3) is 0 Å². The topological polar surface area (TPSA) is 77.8 Å². The van der Waals surface area contributed by atoms with Crippen molar-refractivity contribution in [3.05, 3.63) is 34.9 Å². The van der Waals surface area contributed by atoms with Crippen LogP contribution in [0.15, 0.2) is 24.3 Å². The second-order valence-electron chi connectivity index (χ2n) is 5.69. The highest BCUT2D eigenvalue weighted by Crippen LogP contribution is 2.68. The maximum atomic E-state index is 11.4. The van der Waals surface area contributed by atoms with E-state index in [-0.39, 0.29) is 19.5 Å². The second kappa shape index (κ2) is 4.20. The van der Waals surface area contributed by atoms with E-state index in [1.54, 1.807) is 6.07 Å². The number of carboxylic acid groups (broad SMARTS) is 2. The Morgan fingerprint density at radius 1 is 1.15 bits per heavy atom. The Morgan fingerprint density at radius 3 is 2.20 bits per heavy atom. The summed E-state index contributed by atoms with van der Waals surface area (Å²) in [6, 6.07) is 7.32. The van der Waals surface area contributed by atoms with Crippen LogP contribution in [0.3, 0.4) is 0 Å². The molecule has 20 heavy (non-hydrogen) atoms. The monoisotopic (exact) mass is 295 g/mol. The first-order valence-electron chi connectivity index (χ1n) is 6.34. The quantitative estimate of drug-likeness (QED) is 0.884. The third-order valence-electron chi connectivity index (χ3n) is 4.55. The van der Waals surface area contributed by atoms with Gasteiger partial charge in [-0.25, -0.2) is 0 Å². The molecule has 1 heterocycles. The number of rotatable bonds is 4. The first kappa shape index (κ1) is 13.4. The molecule has 0 spiro atoms. The Balaban J connectivity index is 1.82. The number of nitrogens with zero attached hydrogens (tertiary/aromatic N) is 1.